The second-order valence-electron chi connectivity index (χ2n) is 7.54. The summed E-state index contributed by atoms with van der Waals surface area (Å²) in [4.78, 5) is 38.1. The standard InChI is InChI=1S/C23H25N3O5/c1-6-8-15(17-11-12(2)13(3)31-17)24-18-19(22(29)21(18)28)25-16-10-7-9-14(20(16)27)23(30)26(4)5/h6-7,9-11,15,24-25,27H,1,8H2,2-5H3. The maximum absolute atomic E-state index is 12.3. The van der Waals surface area contributed by atoms with Crippen LogP contribution in [0.4, 0.5) is 17.1 Å². The summed E-state index contributed by atoms with van der Waals surface area (Å²) >= 11 is 0. The number of carbonyl (C=O) groups excluding carboxylic acids is 1. The number of phenols is 1. The topological polar surface area (TPSA) is 112 Å². The van der Waals surface area contributed by atoms with Crippen molar-refractivity contribution in [2.75, 3.05) is 24.7 Å². The molecule has 8 heteroatoms. The van der Waals surface area contributed by atoms with Crippen LogP contribution in [0.15, 0.2) is 50.9 Å². The van der Waals surface area contributed by atoms with E-state index in [0.29, 0.717) is 12.2 Å². The SMILES string of the molecule is C=CCC(Nc1c(Nc2cccc(C(=O)N(C)C)c2O)c(=O)c1=O)c1cc(C)c(C)o1. The molecule has 0 aliphatic carbocycles. The van der Waals surface area contributed by atoms with E-state index in [4.69, 9.17) is 4.42 Å². The number of nitrogens with zero attached hydrogens (tertiary/aromatic N) is 1. The Labute approximate surface area is 179 Å². The fourth-order valence-electron chi connectivity index (χ4n) is 3.20. The van der Waals surface area contributed by atoms with Gasteiger partial charge in [-0.15, -0.1) is 6.58 Å². The Balaban J connectivity index is 1.93. The molecule has 0 aliphatic heterocycles. The number of furan rings is 1. The molecule has 0 saturated carbocycles. The summed E-state index contributed by atoms with van der Waals surface area (Å²) in [6.07, 6.45) is 2.15. The van der Waals surface area contributed by atoms with Crippen molar-refractivity contribution < 1.29 is 14.3 Å². The zero-order chi connectivity index (χ0) is 22.9. The highest BCUT2D eigenvalue weighted by Gasteiger charge is 2.26. The van der Waals surface area contributed by atoms with Crippen LogP contribution < -0.4 is 21.5 Å². The Morgan fingerprint density at radius 3 is 2.48 bits per heavy atom. The van der Waals surface area contributed by atoms with Gasteiger partial charge in [0, 0.05) is 14.1 Å². The number of nitrogens with one attached hydrogen (secondary N) is 2. The van der Waals surface area contributed by atoms with E-state index in [1.54, 1.807) is 26.2 Å². The highest BCUT2D eigenvalue weighted by atomic mass is 16.3. The van der Waals surface area contributed by atoms with E-state index in [1.807, 2.05) is 19.9 Å². The first kappa shape index (κ1) is 21.9. The molecule has 0 fully saturated rings. The lowest BCUT2D eigenvalue weighted by atomic mass is 10.1. The Morgan fingerprint density at radius 1 is 1.23 bits per heavy atom. The van der Waals surface area contributed by atoms with Gasteiger partial charge in [-0.1, -0.05) is 12.1 Å². The maximum atomic E-state index is 12.3. The van der Waals surface area contributed by atoms with E-state index < -0.39 is 16.9 Å². The molecular formula is C23H25N3O5. The molecule has 0 aliphatic rings. The Bertz CT molecular complexity index is 1200. The number of anilines is 3. The van der Waals surface area contributed by atoms with Crippen molar-refractivity contribution in [2.24, 2.45) is 0 Å². The van der Waals surface area contributed by atoms with Gasteiger partial charge in [0.2, 0.25) is 0 Å². The van der Waals surface area contributed by atoms with Crippen LogP contribution in [-0.4, -0.2) is 30.0 Å². The number of carbonyl (C=O) groups is 1. The lowest BCUT2D eigenvalue weighted by molar-refractivity contribution is 0.0824. The zero-order valence-corrected chi connectivity index (χ0v) is 17.9. The van der Waals surface area contributed by atoms with Gasteiger partial charge in [-0.3, -0.25) is 14.4 Å². The van der Waals surface area contributed by atoms with Crippen molar-refractivity contribution in [3.8, 4) is 5.75 Å². The van der Waals surface area contributed by atoms with Crippen LogP contribution in [0, 0.1) is 13.8 Å². The molecule has 1 amide bonds. The summed E-state index contributed by atoms with van der Waals surface area (Å²) in [5.74, 6) is 0.691. The maximum Gasteiger partial charge on any atom is 0.257 e. The molecule has 3 N–H and O–H groups in total. The predicted octanol–water partition coefficient (Wildman–Crippen LogP) is 3.37. The summed E-state index contributed by atoms with van der Waals surface area (Å²) in [5.41, 5.74) is -0.0772. The fourth-order valence-corrected chi connectivity index (χ4v) is 3.20. The average molecular weight is 423 g/mol. The van der Waals surface area contributed by atoms with Gasteiger partial charge >= 0.3 is 0 Å². The quantitative estimate of drug-likeness (QED) is 0.289. The smallest absolute Gasteiger partial charge is 0.257 e. The van der Waals surface area contributed by atoms with Crippen LogP contribution in [0.5, 0.6) is 5.75 Å². The van der Waals surface area contributed by atoms with Gasteiger partial charge in [-0.2, -0.15) is 0 Å². The first-order valence-electron chi connectivity index (χ1n) is 9.74. The number of benzene rings is 1. The Hall–Kier alpha value is -3.81. The van der Waals surface area contributed by atoms with Crippen molar-refractivity contribution in [2.45, 2.75) is 26.3 Å². The van der Waals surface area contributed by atoms with E-state index in [0.717, 1.165) is 11.3 Å². The minimum absolute atomic E-state index is 0.0174. The van der Waals surface area contributed by atoms with E-state index >= 15 is 0 Å². The molecule has 162 valence electrons. The highest BCUT2D eigenvalue weighted by molar-refractivity contribution is 5.99. The van der Waals surface area contributed by atoms with Gasteiger partial charge in [-0.25, -0.2) is 0 Å². The van der Waals surface area contributed by atoms with Crippen LogP contribution in [0.1, 0.15) is 39.9 Å². The van der Waals surface area contributed by atoms with E-state index in [9.17, 15) is 19.5 Å². The number of rotatable bonds is 8. The third-order valence-corrected chi connectivity index (χ3v) is 5.09. The van der Waals surface area contributed by atoms with Crippen LogP contribution in [-0.2, 0) is 0 Å². The monoisotopic (exact) mass is 423 g/mol. The van der Waals surface area contributed by atoms with Crippen LogP contribution in [0.2, 0.25) is 0 Å². The van der Waals surface area contributed by atoms with E-state index in [2.05, 4.69) is 17.2 Å². The molecule has 1 heterocycles. The third kappa shape index (κ3) is 4.09. The Kier molecular flexibility index (Phi) is 6.01. The average Bonchev–Trinajstić information content (AvgIpc) is 3.08. The summed E-state index contributed by atoms with van der Waals surface area (Å²) in [7, 11) is 3.14. The summed E-state index contributed by atoms with van der Waals surface area (Å²) in [6, 6.07) is 6.04. The van der Waals surface area contributed by atoms with Gasteiger partial charge in [0.15, 0.2) is 5.75 Å². The lowest BCUT2D eigenvalue weighted by Crippen LogP contribution is -2.37. The summed E-state index contributed by atoms with van der Waals surface area (Å²) in [5, 5.41) is 16.4. The van der Waals surface area contributed by atoms with Gasteiger partial charge < -0.3 is 25.1 Å². The van der Waals surface area contributed by atoms with Crippen LogP contribution in [0.25, 0.3) is 0 Å². The van der Waals surface area contributed by atoms with Crippen molar-refractivity contribution in [3.63, 3.8) is 0 Å². The third-order valence-electron chi connectivity index (χ3n) is 5.09. The Morgan fingerprint density at radius 2 is 1.90 bits per heavy atom. The number of para-hydroxylation sites is 1. The number of hydrogen-bond donors (Lipinski definition) is 3. The molecule has 1 atom stereocenters. The van der Waals surface area contributed by atoms with Crippen molar-refractivity contribution >= 4 is 23.0 Å². The molecule has 3 rings (SSSR count). The molecule has 0 spiro atoms. The van der Waals surface area contributed by atoms with E-state index in [1.165, 1.54) is 17.0 Å². The highest BCUT2D eigenvalue weighted by Crippen LogP contribution is 2.34. The molecule has 0 bridgehead atoms. The minimum Gasteiger partial charge on any atom is -0.505 e. The largest absolute Gasteiger partial charge is 0.505 e. The number of hydrogen-bond acceptors (Lipinski definition) is 7. The molecular weight excluding hydrogens is 398 g/mol. The van der Waals surface area contributed by atoms with Crippen LogP contribution in [0.3, 0.4) is 0 Å². The van der Waals surface area contributed by atoms with Crippen molar-refractivity contribution in [1.29, 1.82) is 0 Å². The zero-order valence-electron chi connectivity index (χ0n) is 17.9. The fraction of sp³-hybridized carbons (Fsp3) is 0.261. The second kappa shape index (κ2) is 8.51. The lowest BCUT2D eigenvalue weighted by Gasteiger charge is -2.21. The first-order chi connectivity index (χ1) is 14.6. The van der Waals surface area contributed by atoms with Gasteiger partial charge in [0.25, 0.3) is 16.8 Å². The molecule has 1 aromatic heterocycles. The minimum atomic E-state index is -0.713. The first-order valence-corrected chi connectivity index (χ1v) is 9.74. The van der Waals surface area contributed by atoms with Crippen LogP contribution >= 0.6 is 0 Å². The predicted molar refractivity (Wildman–Crippen MR) is 120 cm³/mol. The molecule has 0 radical (unpaired) electrons. The molecule has 1 unspecified atom stereocenters. The number of amides is 1. The van der Waals surface area contributed by atoms with Crippen molar-refractivity contribution in [3.05, 3.63) is 80.0 Å². The second-order valence-corrected chi connectivity index (χ2v) is 7.54. The number of phenolic OH excluding ortho intramolecular Hbond substituents is 1. The summed E-state index contributed by atoms with van der Waals surface area (Å²) in [6.45, 7) is 7.51. The molecule has 0 saturated heterocycles. The van der Waals surface area contributed by atoms with Gasteiger partial charge in [0.1, 0.15) is 22.9 Å². The number of aromatic hydroxyl groups is 1. The molecule has 31 heavy (non-hydrogen) atoms. The normalized spacial score (nSPS) is 11.9. The molecule has 8 nitrogen and oxygen atoms in total. The summed E-state index contributed by atoms with van der Waals surface area (Å²) < 4.78 is 5.77. The van der Waals surface area contributed by atoms with Gasteiger partial charge in [0.05, 0.1) is 17.3 Å². The van der Waals surface area contributed by atoms with E-state index in [-0.39, 0.29) is 34.3 Å². The number of aryl methyl sites for hydroxylation is 2. The molecule has 2 aromatic carbocycles. The molecule has 3 aromatic rings. The van der Waals surface area contributed by atoms with Crippen molar-refractivity contribution in [1.82, 2.24) is 4.90 Å². The van der Waals surface area contributed by atoms with Gasteiger partial charge in [-0.05, 0) is 44.0 Å².